The van der Waals surface area contributed by atoms with Crippen molar-refractivity contribution in [2.75, 3.05) is 39.4 Å². The summed E-state index contributed by atoms with van der Waals surface area (Å²) in [5.41, 5.74) is 1.46. The van der Waals surface area contributed by atoms with Gasteiger partial charge >= 0.3 is 0 Å². The van der Waals surface area contributed by atoms with Crippen molar-refractivity contribution in [3.8, 4) is 5.75 Å². The van der Waals surface area contributed by atoms with Crippen LogP contribution < -0.4 is 10.1 Å². The highest BCUT2D eigenvalue weighted by Gasteiger charge is 2.13. The fourth-order valence-corrected chi connectivity index (χ4v) is 4.14. The molecule has 0 radical (unpaired) electrons. The summed E-state index contributed by atoms with van der Waals surface area (Å²) in [5, 5.41) is 6.23. The molecule has 0 aliphatic carbocycles. The molecule has 1 saturated heterocycles. The normalized spacial score (nSPS) is 14.8. The van der Waals surface area contributed by atoms with Crippen LogP contribution in [0, 0.1) is 5.82 Å². The van der Waals surface area contributed by atoms with Gasteiger partial charge in [-0.25, -0.2) is 4.39 Å². The van der Waals surface area contributed by atoms with Crippen molar-refractivity contribution in [2.45, 2.75) is 19.6 Å². The van der Waals surface area contributed by atoms with E-state index >= 15 is 0 Å². The first kappa shape index (κ1) is 22.0. The van der Waals surface area contributed by atoms with Crippen molar-refractivity contribution in [1.29, 1.82) is 0 Å². The zero-order valence-electron chi connectivity index (χ0n) is 17.6. The van der Waals surface area contributed by atoms with Crippen LogP contribution in [-0.4, -0.2) is 44.3 Å². The Bertz CT molecular complexity index is 988. The number of benzene rings is 3. The van der Waals surface area contributed by atoms with Crippen molar-refractivity contribution in [3.63, 3.8) is 0 Å². The second-order valence-corrected chi connectivity index (χ2v) is 8.14. The number of rotatable bonds is 9. The first-order valence-corrected chi connectivity index (χ1v) is 11.2. The molecule has 31 heavy (non-hydrogen) atoms. The van der Waals surface area contributed by atoms with E-state index in [0.29, 0.717) is 17.1 Å². The predicted molar refractivity (Wildman–Crippen MR) is 123 cm³/mol. The second kappa shape index (κ2) is 10.9. The molecule has 3 aromatic carbocycles. The standard InChI is InChI=1S/C25H28ClFN2O2/c26-23-7-3-8-24(27)22(23)18-31-25-10-9-19-5-1-2-6-20(19)21(25)17-28-11-4-12-29-13-15-30-16-14-29/h1-3,5-10,28H,4,11-18H2. The molecule has 0 spiro atoms. The predicted octanol–water partition coefficient (Wildman–Crippen LogP) is 5.02. The van der Waals surface area contributed by atoms with Gasteiger partial charge in [-0.15, -0.1) is 0 Å². The summed E-state index contributed by atoms with van der Waals surface area (Å²) in [6.45, 7) is 6.45. The first-order valence-electron chi connectivity index (χ1n) is 10.8. The molecular formula is C25H28ClFN2O2. The molecule has 4 nitrogen and oxygen atoms in total. The first-order chi connectivity index (χ1) is 15.2. The number of halogens is 2. The van der Waals surface area contributed by atoms with Gasteiger partial charge in [-0.3, -0.25) is 4.90 Å². The van der Waals surface area contributed by atoms with Crippen LogP contribution in [0.25, 0.3) is 10.8 Å². The Morgan fingerprint density at radius 2 is 1.84 bits per heavy atom. The minimum Gasteiger partial charge on any atom is -0.488 e. The van der Waals surface area contributed by atoms with Crippen LogP contribution in [0.4, 0.5) is 4.39 Å². The summed E-state index contributed by atoms with van der Waals surface area (Å²) in [6, 6.07) is 16.9. The summed E-state index contributed by atoms with van der Waals surface area (Å²) >= 11 is 6.17. The maximum atomic E-state index is 14.2. The molecule has 0 saturated carbocycles. The highest BCUT2D eigenvalue weighted by Crippen LogP contribution is 2.30. The Kier molecular flexibility index (Phi) is 7.76. The van der Waals surface area contributed by atoms with E-state index in [1.54, 1.807) is 12.1 Å². The van der Waals surface area contributed by atoms with Crippen molar-refractivity contribution < 1.29 is 13.9 Å². The van der Waals surface area contributed by atoms with E-state index < -0.39 is 0 Å². The molecule has 0 unspecified atom stereocenters. The molecule has 0 aromatic heterocycles. The quantitative estimate of drug-likeness (QED) is 0.471. The van der Waals surface area contributed by atoms with Crippen LogP contribution in [0.2, 0.25) is 5.02 Å². The second-order valence-electron chi connectivity index (χ2n) is 7.74. The molecule has 0 amide bonds. The molecule has 0 bridgehead atoms. The maximum Gasteiger partial charge on any atom is 0.131 e. The van der Waals surface area contributed by atoms with Gasteiger partial charge in [0.1, 0.15) is 18.2 Å². The number of ether oxygens (including phenoxy) is 2. The molecular weight excluding hydrogens is 415 g/mol. The van der Waals surface area contributed by atoms with Crippen LogP contribution in [0.1, 0.15) is 17.5 Å². The minimum absolute atomic E-state index is 0.0911. The molecule has 0 atom stereocenters. The average Bonchev–Trinajstić information content (AvgIpc) is 2.80. The summed E-state index contributed by atoms with van der Waals surface area (Å²) in [6.07, 6.45) is 1.08. The van der Waals surface area contributed by atoms with Gasteiger partial charge in [-0.1, -0.05) is 48.0 Å². The van der Waals surface area contributed by atoms with Gasteiger partial charge in [-0.05, 0) is 48.5 Å². The zero-order valence-corrected chi connectivity index (χ0v) is 18.3. The Balaban J connectivity index is 1.42. The van der Waals surface area contributed by atoms with E-state index in [0.717, 1.165) is 67.9 Å². The summed E-state index contributed by atoms with van der Waals surface area (Å²) in [4.78, 5) is 2.44. The van der Waals surface area contributed by atoms with Crippen LogP contribution in [-0.2, 0) is 17.9 Å². The molecule has 1 N–H and O–H groups in total. The van der Waals surface area contributed by atoms with Crippen molar-refractivity contribution >= 4 is 22.4 Å². The van der Waals surface area contributed by atoms with Crippen molar-refractivity contribution in [2.24, 2.45) is 0 Å². The zero-order chi connectivity index (χ0) is 21.5. The van der Waals surface area contributed by atoms with Crippen LogP contribution in [0.3, 0.4) is 0 Å². The molecule has 1 heterocycles. The van der Waals surface area contributed by atoms with Crippen LogP contribution >= 0.6 is 11.6 Å². The largest absolute Gasteiger partial charge is 0.488 e. The topological polar surface area (TPSA) is 33.7 Å². The van der Waals surface area contributed by atoms with E-state index in [2.05, 4.69) is 22.3 Å². The van der Waals surface area contributed by atoms with E-state index in [9.17, 15) is 4.39 Å². The third kappa shape index (κ3) is 5.74. The molecule has 1 aliphatic rings. The van der Waals surface area contributed by atoms with Gasteiger partial charge in [0.15, 0.2) is 0 Å². The summed E-state index contributed by atoms with van der Waals surface area (Å²) in [5.74, 6) is 0.398. The third-order valence-electron chi connectivity index (χ3n) is 5.66. The fourth-order valence-electron chi connectivity index (χ4n) is 3.92. The molecule has 4 rings (SSSR count). The lowest BCUT2D eigenvalue weighted by molar-refractivity contribution is 0.0374. The van der Waals surface area contributed by atoms with Gasteiger partial charge < -0.3 is 14.8 Å². The van der Waals surface area contributed by atoms with E-state index in [1.807, 2.05) is 24.3 Å². The van der Waals surface area contributed by atoms with E-state index in [1.165, 1.54) is 6.07 Å². The number of hydrogen-bond donors (Lipinski definition) is 1. The number of nitrogens with zero attached hydrogens (tertiary/aromatic N) is 1. The minimum atomic E-state index is -0.351. The van der Waals surface area contributed by atoms with Gasteiger partial charge in [0.05, 0.1) is 18.2 Å². The summed E-state index contributed by atoms with van der Waals surface area (Å²) < 4.78 is 25.6. The Morgan fingerprint density at radius 1 is 1.00 bits per heavy atom. The summed E-state index contributed by atoms with van der Waals surface area (Å²) in [7, 11) is 0. The van der Waals surface area contributed by atoms with Gasteiger partial charge in [-0.2, -0.15) is 0 Å². The van der Waals surface area contributed by atoms with Gasteiger partial charge in [0.2, 0.25) is 0 Å². The van der Waals surface area contributed by atoms with E-state index in [-0.39, 0.29) is 12.4 Å². The fraction of sp³-hybridized carbons (Fsp3) is 0.360. The number of fused-ring (bicyclic) bond motifs is 1. The highest BCUT2D eigenvalue weighted by atomic mass is 35.5. The Labute approximate surface area is 187 Å². The van der Waals surface area contributed by atoms with Crippen molar-refractivity contribution in [3.05, 3.63) is 76.6 Å². The Morgan fingerprint density at radius 3 is 2.68 bits per heavy atom. The Hall–Kier alpha value is -2.18. The molecule has 1 aliphatic heterocycles. The highest BCUT2D eigenvalue weighted by molar-refractivity contribution is 6.31. The molecule has 164 valence electrons. The lowest BCUT2D eigenvalue weighted by Gasteiger charge is -2.26. The lowest BCUT2D eigenvalue weighted by atomic mass is 10.0. The maximum absolute atomic E-state index is 14.2. The van der Waals surface area contributed by atoms with Crippen molar-refractivity contribution in [1.82, 2.24) is 10.2 Å². The number of hydrogen-bond acceptors (Lipinski definition) is 4. The van der Waals surface area contributed by atoms with Crippen LogP contribution in [0.5, 0.6) is 5.75 Å². The molecule has 1 fully saturated rings. The van der Waals surface area contributed by atoms with Gasteiger partial charge in [0, 0.05) is 30.8 Å². The molecule has 6 heteroatoms. The average molecular weight is 443 g/mol. The van der Waals surface area contributed by atoms with E-state index in [4.69, 9.17) is 21.1 Å². The van der Waals surface area contributed by atoms with Gasteiger partial charge in [0.25, 0.3) is 0 Å². The van der Waals surface area contributed by atoms with Crippen LogP contribution in [0.15, 0.2) is 54.6 Å². The lowest BCUT2D eigenvalue weighted by Crippen LogP contribution is -2.37. The number of morpholine rings is 1. The number of nitrogens with one attached hydrogen (secondary N) is 1. The smallest absolute Gasteiger partial charge is 0.131 e. The monoisotopic (exact) mass is 442 g/mol. The molecule has 3 aromatic rings. The third-order valence-corrected chi connectivity index (χ3v) is 6.02. The SMILES string of the molecule is Fc1cccc(Cl)c1COc1ccc2ccccc2c1CNCCCN1CCOCC1.